The summed E-state index contributed by atoms with van der Waals surface area (Å²) in [5, 5.41) is 5.48. The van der Waals surface area contributed by atoms with E-state index in [9.17, 15) is 19.2 Å². The van der Waals surface area contributed by atoms with Gasteiger partial charge in [-0.1, -0.05) is 0 Å². The van der Waals surface area contributed by atoms with Gasteiger partial charge in [-0.25, -0.2) is 0 Å². The Morgan fingerprint density at radius 3 is 2.26 bits per heavy atom. The van der Waals surface area contributed by atoms with Crippen LogP contribution in [0.15, 0.2) is 18.2 Å². The van der Waals surface area contributed by atoms with Crippen LogP contribution in [0, 0.1) is 0 Å². The average Bonchev–Trinajstić information content (AvgIpc) is 3.10. The van der Waals surface area contributed by atoms with Gasteiger partial charge in [-0.05, 0) is 50.6 Å². The van der Waals surface area contributed by atoms with Gasteiger partial charge in [0.05, 0.1) is 50.3 Å². The molecule has 4 rings (SSSR count). The number of hydrogen-bond donors (Lipinski definition) is 2. The number of ether oxygens (including phenoxy) is 4. The third-order valence-electron chi connectivity index (χ3n) is 6.15. The molecule has 0 radical (unpaired) electrons. The minimum Gasteiger partial charge on any atom is -0.491 e. The van der Waals surface area contributed by atoms with Crippen molar-refractivity contribution in [3.05, 3.63) is 29.3 Å². The summed E-state index contributed by atoms with van der Waals surface area (Å²) in [4.78, 5) is 50.0. The number of imide groups is 2. The van der Waals surface area contributed by atoms with E-state index in [0.717, 1.165) is 30.8 Å². The van der Waals surface area contributed by atoms with Crippen LogP contribution < -0.4 is 15.4 Å². The van der Waals surface area contributed by atoms with Gasteiger partial charge in [-0.3, -0.25) is 29.4 Å². The summed E-state index contributed by atoms with van der Waals surface area (Å²) in [5.41, 5.74) is 0.391. The number of piperidine rings is 2. The highest BCUT2D eigenvalue weighted by Crippen LogP contribution is 2.30. The summed E-state index contributed by atoms with van der Waals surface area (Å²) < 4.78 is 22.4. The van der Waals surface area contributed by atoms with Gasteiger partial charge in [0.15, 0.2) is 0 Å². The Labute approximate surface area is 203 Å². The van der Waals surface area contributed by atoms with E-state index in [1.807, 2.05) is 0 Å². The second-order valence-corrected chi connectivity index (χ2v) is 8.55. The minimum atomic E-state index is -0.990. The van der Waals surface area contributed by atoms with Crippen LogP contribution >= 0.6 is 0 Å². The van der Waals surface area contributed by atoms with E-state index in [4.69, 9.17) is 18.9 Å². The molecule has 1 atom stereocenters. The molecule has 0 saturated carbocycles. The van der Waals surface area contributed by atoms with Crippen LogP contribution in [0.1, 0.15) is 46.4 Å². The van der Waals surface area contributed by atoms with Crippen molar-refractivity contribution in [1.29, 1.82) is 0 Å². The van der Waals surface area contributed by atoms with Crippen LogP contribution in [-0.4, -0.2) is 93.4 Å². The van der Waals surface area contributed by atoms with Crippen LogP contribution in [0.25, 0.3) is 0 Å². The van der Waals surface area contributed by atoms with Crippen molar-refractivity contribution in [2.45, 2.75) is 37.8 Å². The van der Waals surface area contributed by atoms with Gasteiger partial charge < -0.3 is 24.3 Å². The van der Waals surface area contributed by atoms with E-state index in [-0.39, 0.29) is 30.6 Å². The molecule has 0 aromatic heterocycles. The molecule has 0 aliphatic carbocycles. The highest BCUT2D eigenvalue weighted by atomic mass is 16.6. The van der Waals surface area contributed by atoms with Crippen molar-refractivity contribution in [3.63, 3.8) is 0 Å². The van der Waals surface area contributed by atoms with E-state index in [1.54, 1.807) is 6.07 Å². The summed E-state index contributed by atoms with van der Waals surface area (Å²) in [6, 6.07) is 3.62. The van der Waals surface area contributed by atoms with Gasteiger partial charge in [0.2, 0.25) is 11.8 Å². The predicted molar refractivity (Wildman–Crippen MR) is 122 cm³/mol. The molecule has 2 saturated heterocycles. The Morgan fingerprint density at radius 1 is 0.829 bits per heavy atom. The zero-order valence-corrected chi connectivity index (χ0v) is 19.6. The molecule has 1 aromatic carbocycles. The molecule has 35 heavy (non-hydrogen) atoms. The average molecular weight is 490 g/mol. The Balaban J connectivity index is 1.13. The lowest BCUT2D eigenvalue weighted by Crippen LogP contribution is -2.54. The van der Waals surface area contributed by atoms with E-state index in [0.29, 0.717) is 44.9 Å². The molecule has 2 fully saturated rings. The lowest BCUT2D eigenvalue weighted by molar-refractivity contribution is -0.136. The molecule has 0 spiro atoms. The molecule has 4 amide bonds. The van der Waals surface area contributed by atoms with Crippen LogP contribution in [0.4, 0.5) is 0 Å². The highest BCUT2D eigenvalue weighted by Gasteiger charge is 2.44. The number of nitrogens with zero attached hydrogens (tertiary/aromatic N) is 1. The number of fused-ring (bicyclic) bond motifs is 1. The second-order valence-electron chi connectivity index (χ2n) is 8.55. The van der Waals surface area contributed by atoms with E-state index < -0.39 is 29.7 Å². The zero-order valence-electron chi connectivity index (χ0n) is 19.6. The number of nitrogens with one attached hydrogen (secondary N) is 2. The molecule has 11 nitrogen and oxygen atoms in total. The summed E-state index contributed by atoms with van der Waals surface area (Å²) in [6.07, 6.45) is 2.59. The highest BCUT2D eigenvalue weighted by molar-refractivity contribution is 6.23. The number of carbonyl (C=O) groups excluding carboxylic acids is 4. The number of hydrogen-bond acceptors (Lipinski definition) is 9. The fraction of sp³-hybridized carbons (Fsp3) is 0.583. The fourth-order valence-electron chi connectivity index (χ4n) is 4.32. The van der Waals surface area contributed by atoms with Crippen LogP contribution in [0.3, 0.4) is 0 Å². The van der Waals surface area contributed by atoms with Crippen LogP contribution in [0.5, 0.6) is 5.75 Å². The molecule has 3 aliphatic rings. The van der Waals surface area contributed by atoms with Gasteiger partial charge >= 0.3 is 0 Å². The molecule has 2 N–H and O–H groups in total. The number of carbonyl (C=O) groups is 4. The van der Waals surface area contributed by atoms with Crippen molar-refractivity contribution in [2.24, 2.45) is 0 Å². The molecular weight excluding hydrogens is 458 g/mol. The van der Waals surface area contributed by atoms with Gasteiger partial charge in [-0.15, -0.1) is 0 Å². The first-order valence-electron chi connectivity index (χ1n) is 12.0. The third kappa shape index (κ3) is 6.43. The normalized spacial score (nSPS) is 20.8. The lowest BCUT2D eigenvalue weighted by atomic mass is 10.0. The SMILES string of the molecule is O=C1CCC(N2C(=O)c3ccc(OCCOCCOCCOC4CCNCC4)cc3C2=O)C(=O)N1. The number of amides is 4. The summed E-state index contributed by atoms with van der Waals surface area (Å²) >= 11 is 0. The maximum absolute atomic E-state index is 12.8. The first-order valence-corrected chi connectivity index (χ1v) is 12.0. The smallest absolute Gasteiger partial charge is 0.262 e. The third-order valence-corrected chi connectivity index (χ3v) is 6.15. The molecule has 190 valence electrons. The lowest BCUT2D eigenvalue weighted by Gasteiger charge is -2.27. The summed E-state index contributed by atoms with van der Waals surface area (Å²) in [6.45, 7) is 4.59. The fourth-order valence-corrected chi connectivity index (χ4v) is 4.32. The molecule has 3 heterocycles. The Morgan fingerprint density at radius 2 is 1.51 bits per heavy atom. The maximum atomic E-state index is 12.8. The monoisotopic (exact) mass is 489 g/mol. The first kappa shape index (κ1) is 25.2. The van der Waals surface area contributed by atoms with Gasteiger partial charge in [0.1, 0.15) is 18.4 Å². The zero-order chi connectivity index (χ0) is 24.6. The van der Waals surface area contributed by atoms with Crippen molar-refractivity contribution < 1.29 is 38.1 Å². The number of benzene rings is 1. The van der Waals surface area contributed by atoms with E-state index >= 15 is 0 Å². The maximum Gasteiger partial charge on any atom is 0.262 e. The molecule has 3 aliphatic heterocycles. The van der Waals surface area contributed by atoms with Gasteiger partial charge in [0, 0.05) is 6.42 Å². The summed E-state index contributed by atoms with van der Waals surface area (Å²) in [7, 11) is 0. The Hall–Kier alpha value is -2.86. The summed E-state index contributed by atoms with van der Waals surface area (Å²) in [5.74, 6) is -1.74. The molecule has 11 heteroatoms. The van der Waals surface area contributed by atoms with Gasteiger partial charge in [0.25, 0.3) is 11.8 Å². The minimum absolute atomic E-state index is 0.0787. The largest absolute Gasteiger partial charge is 0.491 e. The predicted octanol–water partition coefficient (Wildman–Crippen LogP) is 0.268. The van der Waals surface area contributed by atoms with Crippen molar-refractivity contribution >= 4 is 23.6 Å². The molecule has 1 unspecified atom stereocenters. The topological polar surface area (TPSA) is 132 Å². The van der Waals surface area contributed by atoms with E-state index in [2.05, 4.69) is 10.6 Å². The Kier molecular flexibility index (Phi) is 8.80. The van der Waals surface area contributed by atoms with Crippen molar-refractivity contribution in [2.75, 3.05) is 52.7 Å². The van der Waals surface area contributed by atoms with Gasteiger partial charge in [-0.2, -0.15) is 0 Å². The molecule has 0 bridgehead atoms. The van der Waals surface area contributed by atoms with Crippen LogP contribution in [0.2, 0.25) is 0 Å². The Bertz CT molecular complexity index is 947. The molecular formula is C24H31N3O8. The quantitative estimate of drug-likeness (QED) is 0.314. The van der Waals surface area contributed by atoms with Crippen LogP contribution in [-0.2, 0) is 23.8 Å². The molecule has 1 aromatic rings. The first-order chi connectivity index (χ1) is 17.0. The van der Waals surface area contributed by atoms with Crippen molar-refractivity contribution in [3.8, 4) is 5.75 Å². The van der Waals surface area contributed by atoms with E-state index in [1.165, 1.54) is 12.1 Å². The second kappa shape index (κ2) is 12.2. The number of rotatable bonds is 12. The standard InChI is InChI=1S/C24H31N3O8/c28-21-4-3-20(22(29)26-21)27-23(30)18-2-1-17(15-19(18)24(27)31)35-14-12-33-10-9-32-11-13-34-16-5-7-25-8-6-16/h1-2,15-16,20,25H,3-14H2,(H,26,28,29). The van der Waals surface area contributed by atoms with Crippen molar-refractivity contribution in [1.82, 2.24) is 15.5 Å².